The molecular weight excluding hydrogens is 222 g/mol. The van der Waals surface area contributed by atoms with Crippen LogP contribution in [0.1, 0.15) is 51.5 Å². The van der Waals surface area contributed by atoms with Crippen molar-refractivity contribution in [1.29, 1.82) is 0 Å². The summed E-state index contributed by atoms with van der Waals surface area (Å²) in [5.41, 5.74) is 2.57. The number of unbranched alkanes of at least 4 members (excludes halogenated alkanes) is 3. The van der Waals surface area contributed by atoms with E-state index in [0.29, 0.717) is 0 Å². The van der Waals surface area contributed by atoms with E-state index < -0.39 is 0 Å². The largest absolute Gasteiger partial charge is 0.497 e. The third-order valence-corrected chi connectivity index (χ3v) is 3.13. The molecular formula is C16H27NO. The molecule has 0 saturated carbocycles. The molecule has 2 heteroatoms. The number of rotatable bonds is 9. The van der Waals surface area contributed by atoms with Gasteiger partial charge in [0.25, 0.3) is 0 Å². The third kappa shape index (κ3) is 5.44. The molecule has 0 spiro atoms. The van der Waals surface area contributed by atoms with Gasteiger partial charge in [-0.1, -0.05) is 33.1 Å². The van der Waals surface area contributed by atoms with Crippen LogP contribution in [-0.4, -0.2) is 13.7 Å². The van der Waals surface area contributed by atoms with Crippen molar-refractivity contribution in [2.24, 2.45) is 0 Å². The summed E-state index contributed by atoms with van der Waals surface area (Å²) in [6.45, 7) is 5.49. The molecule has 1 aromatic rings. The highest BCUT2D eigenvalue weighted by Gasteiger charge is 2.01. The SMILES string of the molecule is CCCCCc1cc(NCCCC)cc(OC)c1. The van der Waals surface area contributed by atoms with Crippen molar-refractivity contribution in [2.75, 3.05) is 19.0 Å². The van der Waals surface area contributed by atoms with Gasteiger partial charge in [0.15, 0.2) is 0 Å². The Labute approximate surface area is 112 Å². The van der Waals surface area contributed by atoms with Crippen molar-refractivity contribution in [3.8, 4) is 5.75 Å². The van der Waals surface area contributed by atoms with Crippen molar-refractivity contribution >= 4 is 5.69 Å². The number of benzene rings is 1. The molecule has 0 aromatic heterocycles. The fraction of sp³-hybridized carbons (Fsp3) is 0.625. The van der Waals surface area contributed by atoms with Crippen LogP contribution in [0.15, 0.2) is 18.2 Å². The minimum Gasteiger partial charge on any atom is -0.497 e. The summed E-state index contributed by atoms with van der Waals surface area (Å²) >= 11 is 0. The van der Waals surface area contributed by atoms with Gasteiger partial charge in [-0.3, -0.25) is 0 Å². The maximum Gasteiger partial charge on any atom is 0.121 e. The van der Waals surface area contributed by atoms with E-state index in [1.807, 2.05) is 0 Å². The van der Waals surface area contributed by atoms with Crippen molar-refractivity contribution in [1.82, 2.24) is 0 Å². The van der Waals surface area contributed by atoms with Gasteiger partial charge in [0.05, 0.1) is 7.11 Å². The lowest BCUT2D eigenvalue weighted by Crippen LogP contribution is -2.02. The van der Waals surface area contributed by atoms with Crippen LogP contribution in [0.3, 0.4) is 0 Å². The Bertz CT molecular complexity index is 308. The first kappa shape index (κ1) is 14.9. The standard InChI is InChI=1S/C16H27NO/c1-4-6-8-9-14-11-15(17-10-7-5-2)13-16(12-14)18-3/h11-13,17H,4-10H2,1-3H3. The van der Waals surface area contributed by atoms with Crippen LogP contribution in [0.5, 0.6) is 5.75 Å². The zero-order valence-electron chi connectivity index (χ0n) is 12.1. The number of nitrogens with one attached hydrogen (secondary N) is 1. The van der Waals surface area contributed by atoms with Crippen LogP contribution in [0.4, 0.5) is 5.69 Å². The molecule has 1 N–H and O–H groups in total. The lowest BCUT2D eigenvalue weighted by molar-refractivity contribution is 0.414. The first-order chi connectivity index (χ1) is 8.80. The van der Waals surface area contributed by atoms with E-state index in [0.717, 1.165) is 18.7 Å². The monoisotopic (exact) mass is 249 g/mol. The quantitative estimate of drug-likeness (QED) is 0.644. The maximum absolute atomic E-state index is 5.37. The molecule has 0 bridgehead atoms. The number of methoxy groups -OCH3 is 1. The highest BCUT2D eigenvalue weighted by Crippen LogP contribution is 2.22. The Hall–Kier alpha value is -1.18. The average Bonchev–Trinajstić information content (AvgIpc) is 2.39. The van der Waals surface area contributed by atoms with Crippen LogP contribution in [0.25, 0.3) is 0 Å². The Kier molecular flexibility index (Phi) is 7.31. The van der Waals surface area contributed by atoms with Crippen LogP contribution in [0, 0.1) is 0 Å². The van der Waals surface area contributed by atoms with Crippen LogP contribution >= 0.6 is 0 Å². The molecule has 1 rings (SSSR count). The number of hydrogen-bond acceptors (Lipinski definition) is 2. The Morgan fingerprint density at radius 2 is 1.78 bits per heavy atom. The van der Waals surface area contributed by atoms with Gasteiger partial charge >= 0.3 is 0 Å². The van der Waals surface area contributed by atoms with E-state index >= 15 is 0 Å². The molecule has 0 amide bonds. The van der Waals surface area contributed by atoms with Crippen molar-refractivity contribution in [2.45, 2.75) is 52.4 Å². The summed E-state index contributed by atoms with van der Waals surface area (Å²) in [6.07, 6.45) is 7.41. The molecule has 0 aliphatic rings. The Balaban J connectivity index is 2.62. The fourth-order valence-corrected chi connectivity index (χ4v) is 2.01. The van der Waals surface area contributed by atoms with Gasteiger partial charge in [-0.05, 0) is 37.0 Å². The van der Waals surface area contributed by atoms with E-state index in [-0.39, 0.29) is 0 Å². The van der Waals surface area contributed by atoms with Crippen LogP contribution in [0.2, 0.25) is 0 Å². The highest BCUT2D eigenvalue weighted by molar-refractivity contribution is 5.51. The van der Waals surface area contributed by atoms with Gasteiger partial charge in [-0.15, -0.1) is 0 Å². The second kappa shape index (κ2) is 8.84. The summed E-state index contributed by atoms with van der Waals surface area (Å²) in [5, 5.41) is 3.47. The van der Waals surface area contributed by atoms with Crippen LogP contribution in [-0.2, 0) is 6.42 Å². The lowest BCUT2D eigenvalue weighted by Gasteiger charge is -2.11. The number of ether oxygens (including phenoxy) is 1. The molecule has 0 fully saturated rings. The molecule has 0 aliphatic carbocycles. The first-order valence-electron chi connectivity index (χ1n) is 7.22. The summed E-state index contributed by atoms with van der Waals surface area (Å²) in [4.78, 5) is 0. The molecule has 2 nitrogen and oxygen atoms in total. The van der Waals surface area contributed by atoms with Crippen molar-refractivity contribution in [3.05, 3.63) is 23.8 Å². The van der Waals surface area contributed by atoms with E-state index in [1.165, 1.54) is 43.4 Å². The summed E-state index contributed by atoms with van der Waals surface area (Å²) in [7, 11) is 1.74. The summed E-state index contributed by atoms with van der Waals surface area (Å²) < 4.78 is 5.37. The smallest absolute Gasteiger partial charge is 0.121 e. The van der Waals surface area contributed by atoms with Gasteiger partial charge in [0.2, 0.25) is 0 Å². The van der Waals surface area contributed by atoms with E-state index in [1.54, 1.807) is 7.11 Å². The van der Waals surface area contributed by atoms with Gasteiger partial charge in [0, 0.05) is 18.3 Å². The number of hydrogen-bond donors (Lipinski definition) is 1. The van der Waals surface area contributed by atoms with Crippen molar-refractivity contribution in [3.63, 3.8) is 0 Å². The molecule has 1 aromatic carbocycles. The summed E-state index contributed by atoms with van der Waals surface area (Å²) in [6, 6.07) is 6.49. The first-order valence-corrected chi connectivity index (χ1v) is 7.22. The zero-order valence-corrected chi connectivity index (χ0v) is 12.1. The van der Waals surface area contributed by atoms with Gasteiger partial charge < -0.3 is 10.1 Å². The maximum atomic E-state index is 5.37. The minimum absolute atomic E-state index is 0.961. The molecule has 0 unspecified atom stereocenters. The number of aryl methyl sites for hydroxylation is 1. The normalized spacial score (nSPS) is 10.4. The minimum atomic E-state index is 0.961. The molecule has 0 saturated heterocycles. The molecule has 0 aliphatic heterocycles. The van der Waals surface area contributed by atoms with Crippen LogP contribution < -0.4 is 10.1 Å². The topological polar surface area (TPSA) is 21.3 Å². The molecule has 0 heterocycles. The predicted octanol–water partition coefficient (Wildman–Crippen LogP) is 4.64. The second-order valence-electron chi connectivity index (χ2n) is 4.81. The summed E-state index contributed by atoms with van der Waals surface area (Å²) in [5.74, 6) is 0.961. The van der Waals surface area contributed by atoms with Gasteiger partial charge in [0.1, 0.15) is 5.75 Å². The van der Waals surface area contributed by atoms with E-state index in [9.17, 15) is 0 Å². The predicted molar refractivity (Wildman–Crippen MR) is 79.6 cm³/mol. The Morgan fingerprint density at radius 1 is 1.00 bits per heavy atom. The van der Waals surface area contributed by atoms with E-state index in [2.05, 4.69) is 37.4 Å². The van der Waals surface area contributed by atoms with Gasteiger partial charge in [-0.2, -0.15) is 0 Å². The van der Waals surface area contributed by atoms with Gasteiger partial charge in [-0.25, -0.2) is 0 Å². The number of anilines is 1. The molecule has 18 heavy (non-hydrogen) atoms. The third-order valence-electron chi connectivity index (χ3n) is 3.13. The average molecular weight is 249 g/mol. The van der Waals surface area contributed by atoms with Crippen molar-refractivity contribution < 1.29 is 4.74 Å². The lowest BCUT2D eigenvalue weighted by atomic mass is 10.1. The zero-order chi connectivity index (χ0) is 13.2. The molecule has 0 atom stereocenters. The highest BCUT2D eigenvalue weighted by atomic mass is 16.5. The second-order valence-corrected chi connectivity index (χ2v) is 4.81. The van der Waals surface area contributed by atoms with E-state index in [4.69, 9.17) is 4.74 Å². The fourth-order valence-electron chi connectivity index (χ4n) is 2.01. The molecule has 102 valence electrons. The molecule has 0 radical (unpaired) electrons. The Morgan fingerprint density at radius 3 is 2.44 bits per heavy atom.